The van der Waals surface area contributed by atoms with Gasteiger partial charge in [0.2, 0.25) is 11.9 Å². The van der Waals surface area contributed by atoms with Crippen molar-refractivity contribution < 1.29 is 77.9 Å². The van der Waals surface area contributed by atoms with Gasteiger partial charge in [0.15, 0.2) is 41.3 Å². The number of phenolic OH excluding ortho intramolecular Hbond substituents is 3. The Balaban J connectivity index is 1.49. The summed E-state index contributed by atoms with van der Waals surface area (Å²) in [5, 5.41) is 52.2. The Bertz CT molecular complexity index is 1800. The van der Waals surface area contributed by atoms with Gasteiger partial charge in [-0.05, 0) is 37.1 Å². The third-order valence-corrected chi connectivity index (χ3v) is 7.53. The van der Waals surface area contributed by atoms with Crippen LogP contribution in [0, 0.1) is 0 Å². The molecule has 0 bridgehead atoms. The Morgan fingerprint density at radius 3 is 2.08 bits per heavy atom. The van der Waals surface area contributed by atoms with Gasteiger partial charge in [-0.25, -0.2) is 0 Å². The number of aromatic hydroxyl groups is 3. The van der Waals surface area contributed by atoms with Crippen molar-refractivity contribution in [2.24, 2.45) is 0 Å². The van der Waals surface area contributed by atoms with Crippen molar-refractivity contribution in [1.82, 2.24) is 0 Å². The lowest BCUT2D eigenvalue weighted by Gasteiger charge is -2.36. The maximum absolute atomic E-state index is 13.6. The Kier molecular flexibility index (Phi) is 9.96. The molecule has 3 aromatic rings. The van der Waals surface area contributed by atoms with Crippen molar-refractivity contribution >= 4 is 29.7 Å². The van der Waals surface area contributed by atoms with Crippen molar-refractivity contribution in [1.29, 1.82) is 0 Å². The maximum atomic E-state index is 13.6. The molecule has 2 heterocycles. The van der Waals surface area contributed by atoms with Gasteiger partial charge in [-0.2, -0.15) is 0 Å². The smallest absolute Gasteiger partial charge is 0.307 e. The molecule has 2 aliphatic rings. The fraction of sp³-hybridized carbons (Fsp3) is 0.303. The number of methoxy groups -OCH3 is 1. The van der Waals surface area contributed by atoms with E-state index >= 15 is 0 Å². The molecule has 2 aliphatic heterocycles. The summed E-state index contributed by atoms with van der Waals surface area (Å²) in [5.41, 5.74) is 0.226. The number of carbonyl (C=O) groups is 5. The number of fused-ring (bicyclic) bond motifs is 2. The molecule has 16 heteroatoms. The number of carbonyl (C=O) groups excluding carboxylic acids is 5. The van der Waals surface area contributed by atoms with E-state index in [1.807, 2.05) is 0 Å². The topological polar surface area (TPSA) is 248 Å². The molecule has 16 nitrogen and oxygen atoms in total. The summed E-state index contributed by atoms with van der Waals surface area (Å²) >= 11 is 0. The van der Waals surface area contributed by atoms with Crippen LogP contribution in [0.1, 0.15) is 59.4 Å². The highest BCUT2D eigenvalue weighted by molar-refractivity contribution is 6.06. The predicted octanol–water partition coefficient (Wildman–Crippen LogP) is 0.525. The van der Waals surface area contributed by atoms with Crippen LogP contribution in [0.3, 0.4) is 0 Å². The zero-order valence-corrected chi connectivity index (χ0v) is 25.6. The van der Waals surface area contributed by atoms with Gasteiger partial charge in [-0.3, -0.25) is 14.4 Å². The predicted molar refractivity (Wildman–Crippen MR) is 156 cm³/mol. The Labute approximate surface area is 276 Å². The number of Topliss-reactive ketones (excluding diaryl/α,β-unsaturated/α-hetero) is 1. The van der Waals surface area contributed by atoms with Crippen molar-refractivity contribution in [3.63, 3.8) is 0 Å². The van der Waals surface area contributed by atoms with Crippen LogP contribution in [0.2, 0.25) is 0 Å². The summed E-state index contributed by atoms with van der Waals surface area (Å²) in [6.45, 7) is -0.380. The Morgan fingerprint density at radius 2 is 1.39 bits per heavy atom. The molecule has 0 aliphatic carbocycles. The van der Waals surface area contributed by atoms with E-state index < -0.39 is 91.3 Å². The van der Waals surface area contributed by atoms with Crippen molar-refractivity contribution in [2.45, 2.75) is 50.1 Å². The van der Waals surface area contributed by atoms with Crippen LogP contribution >= 0.6 is 0 Å². The van der Waals surface area contributed by atoms with Gasteiger partial charge in [-0.15, -0.1) is 0 Å². The van der Waals surface area contributed by atoms with Crippen molar-refractivity contribution in [2.75, 3.05) is 13.7 Å². The van der Waals surface area contributed by atoms with E-state index in [4.69, 9.17) is 28.4 Å². The molecule has 0 saturated carbocycles. The highest BCUT2D eigenvalue weighted by Gasteiger charge is 2.44. The lowest BCUT2D eigenvalue weighted by molar-refractivity contribution is -0.307. The summed E-state index contributed by atoms with van der Waals surface area (Å²) in [6, 6.07) is 10.6. The number of ketones is 1. The van der Waals surface area contributed by atoms with Crippen LogP contribution < -0.4 is 29.2 Å². The second kappa shape index (κ2) is 14.3. The van der Waals surface area contributed by atoms with Gasteiger partial charge in [0.25, 0.3) is 0 Å². The summed E-state index contributed by atoms with van der Waals surface area (Å²) in [4.78, 5) is 60.0. The summed E-state index contributed by atoms with van der Waals surface area (Å²) in [5.74, 6) is -6.88. The molecule has 0 aromatic heterocycles. The average Bonchev–Trinajstić information content (AvgIpc) is 3.05. The molecule has 49 heavy (non-hydrogen) atoms. The maximum Gasteiger partial charge on any atom is 0.307 e. The van der Waals surface area contributed by atoms with Crippen molar-refractivity contribution in [3.05, 3.63) is 65.2 Å². The molecule has 258 valence electrons. The van der Waals surface area contributed by atoms with Gasteiger partial charge in [-0.1, -0.05) is 12.1 Å². The molecular weight excluding hydrogens is 652 g/mol. The van der Waals surface area contributed by atoms with E-state index in [9.17, 15) is 49.5 Å². The molecule has 0 radical (unpaired) electrons. The van der Waals surface area contributed by atoms with Crippen LogP contribution in [0.4, 0.5) is 0 Å². The first-order chi connectivity index (χ1) is 23.3. The highest BCUT2D eigenvalue weighted by Crippen LogP contribution is 2.46. The van der Waals surface area contributed by atoms with Gasteiger partial charge in [0, 0.05) is 35.2 Å². The minimum atomic E-state index is -1.72. The molecule has 0 spiro atoms. The SMILES string of the molecule is COc1cc(C2Oc3cc([C@H]4Oc5cc(O)cc(O)c5C(=O)[C@@H]4OC(=O)CCC(=O)[O-])ccc3OC2COC(=O)CCC(=O)[O-])ccc1O. The second-order valence-electron chi connectivity index (χ2n) is 10.9. The quantitative estimate of drug-likeness (QED) is 0.221. The monoisotopic (exact) mass is 680 g/mol. The van der Waals surface area contributed by atoms with E-state index in [1.165, 1.54) is 43.5 Å². The lowest BCUT2D eigenvalue weighted by Crippen LogP contribution is -2.40. The van der Waals surface area contributed by atoms with Gasteiger partial charge < -0.3 is 63.5 Å². The first kappa shape index (κ1) is 34.2. The highest BCUT2D eigenvalue weighted by atomic mass is 16.6. The zero-order valence-electron chi connectivity index (χ0n) is 25.6. The number of carboxylic acids is 2. The van der Waals surface area contributed by atoms with Crippen LogP contribution in [0.25, 0.3) is 0 Å². The molecule has 4 atom stereocenters. The number of aliphatic carboxylic acids is 2. The fourth-order valence-electron chi connectivity index (χ4n) is 5.22. The first-order valence-corrected chi connectivity index (χ1v) is 14.7. The number of carboxylic acid groups (broad SMARTS) is 2. The number of phenols is 3. The van der Waals surface area contributed by atoms with Crippen LogP contribution in [-0.2, 0) is 28.7 Å². The third kappa shape index (κ3) is 7.69. The molecule has 2 unspecified atom stereocenters. The summed E-state index contributed by atoms with van der Waals surface area (Å²) < 4.78 is 34.2. The normalized spacial score (nSPS) is 19.2. The van der Waals surface area contributed by atoms with Gasteiger partial charge in [0.1, 0.15) is 29.4 Å². The molecule has 0 saturated heterocycles. The molecular formula is C33H28O16-2. The first-order valence-electron chi connectivity index (χ1n) is 14.7. The van der Waals surface area contributed by atoms with Gasteiger partial charge >= 0.3 is 11.9 Å². The van der Waals surface area contributed by atoms with E-state index in [-0.39, 0.29) is 46.5 Å². The number of rotatable bonds is 12. The molecule has 3 aromatic carbocycles. The van der Waals surface area contributed by atoms with Crippen LogP contribution in [0.5, 0.6) is 40.2 Å². The van der Waals surface area contributed by atoms with E-state index in [0.29, 0.717) is 5.56 Å². The fourth-order valence-corrected chi connectivity index (χ4v) is 5.22. The van der Waals surface area contributed by atoms with Crippen LogP contribution in [-0.4, -0.2) is 70.9 Å². The number of esters is 2. The summed E-state index contributed by atoms with van der Waals surface area (Å²) in [6.07, 6.45) is -7.41. The third-order valence-electron chi connectivity index (χ3n) is 7.53. The lowest BCUT2D eigenvalue weighted by atomic mass is 9.92. The minimum absolute atomic E-state index is 0.0803. The molecule has 3 N–H and O–H groups in total. The minimum Gasteiger partial charge on any atom is -0.550 e. The Hall–Kier alpha value is -6.19. The van der Waals surface area contributed by atoms with E-state index in [1.54, 1.807) is 0 Å². The molecule has 0 fully saturated rings. The molecule has 5 rings (SSSR count). The largest absolute Gasteiger partial charge is 0.550 e. The molecule has 0 amide bonds. The van der Waals surface area contributed by atoms with Gasteiger partial charge in [0.05, 0.1) is 20.0 Å². The van der Waals surface area contributed by atoms with Crippen molar-refractivity contribution in [3.8, 4) is 40.2 Å². The summed E-state index contributed by atoms with van der Waals surface area (Å²) in [7, 11) is 1.33. The Morgan fingerprint density at radius 1 is 0.735 bits per heavy atom. The number of ether oxygens (including phenoxy) is 6. The van der Waals surface area contributed by atoms with E-state index in [2.05, 4.69) is 0 Å². The number of hydrogen-bond donors (Lipinski definition) is 3. The zero-order chi connectivity index (χ0) is 35.4. The standard InChI is InChI=1S/C33H30O16/c1-44-21-10-15(2-4-18(21)35)31-24(14-45-27(41)8-6-25(37)38)46-20-5-3-16(11-22(20)47-31)32-33(49-28(42)9-7-26(39)40)30(43)29-19(36)12-17(34)13-23(29)48-32/h2-5,10-13,24,31-36H,6-9,14H2,1H3,(H,37,38)(H,39,40)/p-2/t24?,31?,32-,33+/m1/s1. The second-order valence-corrected chi connectivity index (χ2v) is 10.9. The number of benzene rings is 3. The van der Waals surface area contributed by atoms with E-state index in [0.717, 1.165) is 12.1 Å². The average molecular weight is 681 g/mol. The number of hydrogen-bond acceptors (Lipinski definition) is 16. The van der Waals surface area contributed by atoms with Crippen LogP contribution in [0.15, 0.2) is 48.5 Å².